The summed E-state index contributed by atoms with van der Waals surface area (Å²) in [5, 5.41) is 4.96. The molecule has 1 aliphatic rings. The zero-order valence-corrected chi connectivity index (χ0v) is 16.5. The molecule has 0 saturated carbocycles. The third kappa shape index (κ3) is 4.03. The van der Waals surface area contributed by atoms with E-state index in [2.05, 4.69) is 66.6 Å². The predicted molar refractivity (Wildman–Crippen MR) is 113 cm³/mol. The van der Waals surface area contributed by atoms with Crippen LogP contribution in [-0.2, 0) is 19.3 Å². The second kappa shape index (κ2) is 8.18. The van der Waals surface area contributed by atoms with Gasteiger partial charge in [0.05, 0.1) is 6.61 Å². The Bertz CT molecular complexity index is 910. The maximum absolute atomic E-state index is 6.03. The minimum absolute atomic E-state index is 0.532. The van der Waals surface area contributed by atoms with Crippen LogP contribution in [0.3, 0.4) is 0 Å². The van der Waals surface area contributed by atoms with E-state index in [4.69, 9.17) is 4.74 Å². The van der Waals surface area contributed by atoms with Crippen LogP contribution in [0, 0.1) is 0 Å². The normalized spacial score (nSPS) is 14.3. The fourth-order valence-corrected chi connectivity index (χ4v) is 4.12. The minimum Gasteiger partial charge on any atom is -0.494 e. The first-order chi connectivity index (χ1) is 13.2. The smallest absolute Gasteiger partial charge is 0.119 e. The molecule has 0 atom stereocenters. The highest BCUT2D eigenvalue weighted by molar-refractivity contribution is 5.88. The minimum atomic E-state index is 0.532. The van der Waals surface area contributed by atoms with Crippen molar-refractivity contribution >= 4 is 10.9 Å². The Hall–Kier alpha value is -2.26. The number of nitrogens with one attached hydrogen (secondary N) is 2. The van der Waals surface area contributed by atoms with Gasteiger partial charge in [0.25, 0.3) is 0 Å². The molecule has 1 aliphatic heterocycles. The molecule has 0 saturated heterocycles. The lowest BCUT2D eigenvalue weighted by Gasteiger charge is -2.11. The van der Waals surface area contributed by atoms with Crippen molar-refractivity contribution in [3.8, 4) is 5.75 Å². The average Bonchev–Trinajstić information content (AvgIpc) is 2.88. The van der Waals surface area contributed by atoms with Crippen LogP contribution in [0.25, 0.3) is 10.9 Å². The van der Waals surface area contributed by atoms with Crippen molar-refractivity contribution in [3.05, 3.63) is 64.8 Å². The van der Waals surface area contributed by atoms with E-state index in [1.807, 2.05) is 0 Å². The molecule has 3 nitrogen and oxygen atoms in total. The van der Waals surface area contributed by atoms with Crippen LogP contribution in [0.2, 0.25) is 0 Å². The quantitative estimate of drug-likeness (QED) is 0.606. The number of benzene rings is 2. The molecular formula is C24H30N2O. The molecule has 1 aromatic heterocycles. The fraction of sp³-hybridized carbons (Fsp3) is 0.417. The maximum atomic E-state index is 6.03. The summed E-state index contributed by atoms with van der Waals surface area (Å²) in [7, 11) is 0. The number of ether oxygens (including phenoxy) is 1. The fourth-order valence-electron chi connectivity index (χ4n) is 4.12. The van der Waals surface area contributed by atoms with Gasteiger partial charge in [-0.1, -0.05) is 38.1 Å². The Morgan fingerprint density at radius 3 is 2.78 bits per heavy atom. The predicted octanol–water partition coefficient (Wildman–Crippen LogP) is 4.99. The first-order valence-electron chi connectivity index (χ1n) is 10.3. The number of H-pyrrole nitrogens is 1. The summed E-state index contributed by atoms with van der Waals surface area (Å²) in [5.74, 6) is 1.52. The lowest BCUT2D eigenvalue weighted by molar-refractivity contribution is 0.311. The maximum Gasteiger partial charge on any atom is 0.119 e. The van der Waals surface area contributed by atoms with Crippen molar-refractivity contribution in [2.24, 2.45) is 0 Å². The molecule has 3 aromatic rings. The van der Waals surface area contributed by atoms with E-state index in [0.717, 1.165) is 51.1 Å². The second-order valence-electron chi connectivity index (χ2n) is 7.85. The van der Waals surface area contributed by atoms with Crippen molar-refractivity contribution in [3.63, 3.8) is 0 Å². The molecule has 27 heavy (non-hydrogen) atoms. The number of aromatic amines is 1. The Morgan fingerprint density at radius 1 is 1.04 bits per heavy atom. The summed E-state index contributed by atoms with van der Waals surface area (Å²) in [6, 6.07) is 15.2. The van der Waals surface area contributed by atoms with Gasteiger partial charge in [0.1, 0.15) is 5.75 Å². The summed E-state index contributed by atoms with van der Waals surface area (Å²) >= 11 is 0. The van der Waals surface area contributed by atoms with Crippen molar-refractivity contribution in [1.29, 1.82) is 0 Å². The summed E-state index contributed by atoms with van der Waals surface area (Å²) in [5.41, 5.74) is 7.03. The van der Waals surface area contributed by atoms with E-state index >= 15 is 0 Å². The van der Waals surface area contributed by atoms with Crippen molar-refractivity contribution in [2.75, 3.05) is 19.7 Å². The Morgan fingerprint density at radius 2 is 1.89 bits per heavy atom. The SMILES string of the molecule is CC(C)c1cccc(OCCCc2cccc3[nH]c4c(c23)CCNCC4)c1. The lowest BCUT2D eigenvalue weighted by Crippen LogP contribution is -2.16. The van der Waals surface area contributed by atoms with Gasteiger partial charge in [-0.2, -0.15) is 0 Å². The Labute approximate surface area is 162 Å². The first kappa shape index (κ1) is 18.1. The summed E-state index contributed by atoms with van der Waals surface area (Å²) in [6.07, 6.45) is 4.30. The number of aryl methyl sites for hydroxylation is 1. The van der Waals surface area contributed by atoms with E-state index in [9.17, 15) is 0 Å². The van der Waals surface area contributed by atoms with Gasteiger partial charge in [-0.3, -0.25) is 0 Å². The monoisotopic (exact) mass is 362 g/mol. The summed E-state index contributed by atoms with van der Waals surface area (Å²) < 4.78 is 6.03. The van der Waals surface area contributed by atoms with Crippen molar-refractivity contribution in [2.45, 2.75) is 45.4 Å². The third-order valence-electron chi connectivity index (χ3n) is 5.59. The largest absolute Gasteiger partial charge is 0.494 e. The van der Waals surface area contributed by atoms with Crippen LogP contribution >= 0.6 is 0 Å². The van der Waals surface area contributed by atoms with Crippen LogP contribution < -0.4 is 10.1 Å². The number of aromatic nitrogens is 1. The molecule has 0 amide bonds. The molecule has 0 aliphatic carbocycles. The third-order valence-corrected chi connectivity index (χ3v) is 5.59. The van der Waals surface area contributed by atoms with Gasteiger partial charge in [0.15, 0.2) is 0 Å². The number of hydrogen-bond acceptors (Lipinski definition) is 2. The lowest BCUT2D eigenvalue weighted by atomic mass is 9.99. The van der Waals surface area contributed by atoms with Gasteiger partial charge >= 0.3 is 0 Å². The zero-order chi connectivity index (χ0) is 18.6. The van der Waals surface area contributed by atoms with Gasteiger partial charge < -0.3 is 15.0 Å². The molecule has 2 N–H and O–H groups in total. The van der Waals surface area contributed by atoms with Gasteiger partial charge in [0.2, 0.25) is 0 Å². The molecule has 2 aromatic carbocycles. The summed E-state index contributed by atoms with van der Waals surface area (Å²) in [4.78, 5) is 3.66. The Kier molecular flexibility index (Phi) is 5.49. The molecule has 0 fully saturated rings. The Balaban J connectivity index is 1.43. The second-order valence-corrected chi connectivity index (χ2v) is 7.85. The molecule has 0 radical (unpaired) electrons. The molecule has 142 valence electrons. The number of hydrogen-bond donors (Lipinski definition) is 2. The first-order valence-corrected chi connectivity index (χ1v) is 10.3. The highest BCUT2D eigenvalue weighted by atomic mass is 16.5. The van der Waals surface area contributed by atoms with Crippen LogP contribution in [0.15, 0.2) is 42.5 Å². The van der Waals surface area contributed by atoms with Gasteiger partial charge in [-0.05, 0) is 66.6 Å². The molecular weight excluding hydrogens is 332 g/mol. The highest BCUT2D eigenvalue weighted by Gasteiger charge is 2.16. The molecule has 3 heteroatoms. The van der Waals surface area contributed by atoms with E-state index in [0.29, 0.717) is 5.92 Å². The number of fused-ring (bicyclic) bond motifs is 3. The van der Waals surface area contributed by atoms with E-state index in [1.54, 1.807) is 0 Å². The average molecular weight is 363 g/mol. The van der Waals surface area contributed by atoms with Crippen LogP contribution in [-0.4, -0.2) is 24.7 Å². The van der Waals surface area contributed by atoms with Gasteiger partial charge in [-0.25, -0.2) is 0 Å². The zero-order valence-electron chi connectivity index (χ0n) is 16.5. The molecule has 2 heterocycles. The van der Waals surface area contributed by atoms with Crippen LogP contribution in [0.1, 0.15) is 48.6 Å². The molecule has 0 unspecified atom stereocenters. The molecule has 4 rings (SSSR count). The van der Waals surface area contributed by atoms with Crippen LogP contribution in [0.4, 0.5) is 0 Å². The van der Waals surface area contributed by atoms with Gasteiger partial charge in [0, 0.05) is 29.6 Å². The summed E-state index contributed by atoms with van der Waals surface area (Å²) in [6.45, 7) is 7.33. The van der Waals surface area contributed by atoms with E-state index in [-0.39, 0.29) is 0 Å². The highest BCUT2D eigenvalue weighted by Crippen LogP contribution is 2.29. The van der Waals surface area contributed by atoms with Crippen molar-refractivity contribution in [1.82, 2.24) is 10.3 Å². The topological polar surface area (TPSA) is 37.0 Å². The standard InChI is InChI=1S/C24H30N2O/c1-17(2)19-7-3-9-20(16-19)27-15-5-8-18-6-4-10-23-24(18)21-11-13-25-14-12-22(21)26-23/h3-4,6-7,9-10,16-17,25-26H,5,8,11-15H2,1-2H3. The van der Waals surface area contributed by atoms with Crippen LogP contribution in [0.5, 0.6) is 5.75 Å². The molecule has 0 bridgehead atoms. The van der Waals surface area contributed by atoms with E-state index in [1.165, 1.54) is 33.3 Å². The van der Waals surface area contributed by atoms with E-state index < -0.39 is 0 Å². The van der Waals surface area contributed by atoms with Crippen molar-refractivity contribution < 1.29 is 4.74 Å². The number of rotatable bonds is 6. The van der Waals surface area contributed by atoms with Gasteiger partial charge in [-0.15, -0.1) is 0 Å². The molecule has 0 spiro atoms.